The smallest absolute Gasteiger partial charge is 0.203 e. The third-order valence-electron chi connectivity index (χ3n) is 3.09. The van der Waals surface area contributed by atoms with Crippen molar-refractivity contribution < 1.29 is 14.2 Å². The van der Waals surface area contributed by atoms with E-state index in [0.29, 0.717) is 36.8 Å². The van der Waals surface area contributed by atoms with Gasteiger partial charge in [-0.1, -0.05) is 6.07 Å². The van der Waals surface area contributed by atoms with Crippen LogP contribution in [0.25, 0.3) is 0 Å². The average Bonchev–Trinajstić information content (AvgIpc) is 2.55. The summed E-state index contributed by atoms with van der Waals surface area (Å²) in [4.78, 5) is 4.26. The highest BCUT2D eigenvalue weighted by atomic mass is 16.5. The highest BCUT2D eigenvalue weighted by Gasteiger charge is 2.13. The molecule has 2 aromatic rings. The number of hydrogen-bond donors (Lipinski definition) is 1. The molecule has 5 nitrogen and oxygen atoms in total. The molecule has 0 aliphatic heterocycles. The van der Waals surface area contributed by atoms with Crippen LogP contribution in [-0.4, -0.2) is 25.8 Å². The Morgan fingerprint density at radius 2 is 1.81 bits per heavy atom. The van der Waals surface area contributed by atoms with E-state index < -0.39 is 0 Å². The van der Waals surface area contributed by atoms with Gasteiger partial charge in [0.05, 0.1) is 20.8 Å². The number of methoxy groups -OCH3 is 2. The zero-order valence-corrected chi connectivity index (χ0v) is 12.3. The Labute approximate surface area is 124 Å². The van der Waals surface area contributed by atoms with Gasteiger partial charge in [0.2, 0.25) is 5.75 Å². The van der Waals surface area contributed by atoms with E-state index in [1.165, 1.54) is 0 Å². The average molecular weight is 288 g/mol. The highest BCUT2D eigenvalue weighted by molar-refractivity contribution is 5.53. The second kappa shape index (κ2) is 7.50. The minimum absolute atomic E-state index is 0.418. The number of benzene rings is 1. The van der Waals surface area contributed by atoms with Crippen molar-refractivity contribution in [2.75, 3.05) is 20.8 Å². The summed E-state index contributed by atoms with van der Waals surface area (Å²) in [6.07, 6.45) is 2.48. The Morgan fingerprint density at radius 3 is 2.33 bits per heavy atom. The van der Waals surface area contributed by atoms with Gasteiger partial charge in [-0.2, -0.15) is 0 Å². The van der Waals surface area contributed by atoms with E-state index in [-0.39, 0.29) is 0 Å². The van der Waals surface area contributed by atoms with E-state index in [9.17, 15) is 0 Å². The lowest BCUT2D eigenvalue weighted by molar-refractivity contribution is 0.276. The van der Waals surface area contributed by atoms with Crippen LogP contribution in [0.5, 0.6) is 17.2 Å². The first-order chi connectivity index (χ1) is 10.3. The van der Waals surface area contributed by atoms with Crippen molar-refractivity contribution in [2.45, 2.75) is 13.0 Å². The van der Waals surface area contributed by atoms with Crippen LogP contribution >= 0.6 is 0 Å². The molecule has 0 aliphatic carbocycles. The number of rotatable bonds is 7. The molecular formula is C16H20N2O3. The molecule has 0 amide bonds. The van der Waals surface area contributed by atoms with Gasteiger partial charge in [-0.3, -0.25) is 4.98 Å². The van der Waals surface area contributed by atoms with Crippen LogP contribution in [0.4, 0.5) is 0 Å². The molecule has 0 radical (unpaired) electrons. The minimum atomic E-state index is 0.418. The van der Waals surface area contributed by atoms with E-state index in [1.807, 2.05) is 30.3 Å². The highest BCUT2D eigenvalue weighted by Crippen LogP contribution is 2.38. The summed E-state index contributed by atoms with van der Waals surface area (Å²) in [7, 11) is 3.20. The summed E-state index contributed by atoms with van der Waals surface area (Å²) in [5, 5.41) is 0. The summed E-state index contributed by atoms with van der Waals surface area (Å²) in [6.45, 7) is 0.909. The third-order valence-corrected chi connectivity index (χ3v) is 3.09. The number of nitrogens with two attached hydrogens (primary N) is 1. The molecule has 1 aromatic heterocycles. The Kier molecular flexibility index (Phi) is 5.40. The Morgan fingerprint density at radius 1 is 1.10 bits per heavy atom. The maximum Gasteiger partial charge on any atom is 0.203 e. The zero-order chi connectivity index (χ0) is 15.1. The van der Waals surface area contributed by atoms with Crippen LogP contribution in [0.1, 0.15) is 11.3 Å². The Balaban J connectivity index is 2.11. The number of aromatic nitrogens is 1. The molecule has 21 heavy (non-hydrogen) atoms. The fourth-order valence-electron chi connectivity index (χ4n) is 2.00. The maximum absolute atomic E-state index is 5.82. The van der Waals surface area contributed by atoms with E-state index >= 15 is 0 Å². The molecule has 1 heterocycles. The van der Waals surface area contributed by atoms with Gasteiger partial charge in [0.1, 0.15) is 0 Å². The van der Waals surface area contributed by atoms with Gasteiger partial charge < -0.3 is 19.9 Å². The molecule has 0 saturated heterocycles. The van der Waals surface area contributed by atoms with Crippen molar-refractivity contribution in [1.82, 2.24) is 4.98 Å². The molecule has 112 valence electrons. The largest absolute Gasteiger partial charge is 0.493 e. The topological polar surface area (TPSA) is 66.6 Å². The van der Waals surface area contributed by atoms with Gasteiger partial charge in [-0.15, -0.1) is 0 Å². The van der Waals surface area contributed by atoms with Crippen LogP contribution in [-0.2, 0) is 13.0 Å². The van der Waals surface area contributed by atoms with Gasteiger partial charge in [-0.25, -0.2) is 0 Å². The first-order valence-electron chi connectivity index (χ1n) is 6.76. The van der Waals surface area contributed by atoms with Crippen molar-refractivity contribution in [3.05, 3.63) is 47.8 Å². The van der Waals surface area contributed by atoms with E-state index in [1.54, 1.807) is 20.4 Å². The second-order valence-electron chi connectivity index (χ2n) is 4.45. The molecule has 1 aromatic carbocycles. The van der Waals surface area contributed by atoms with Gasteiger partial charge in [0.15, 0.2) is 11.5 Å². The molecule has 2 N–H and O–H groups in total. The second-order valence-corrected chi connectivity index (χ2v) is 4.45. The lowest BCUT2D eigenvalue weighted by Gasteiger charge is -2.15. The molecule has 5 heteroatoms. The van der Waals surface area contributed by atoms with Crippen molar-refractivity contribution in [3.63, 3.8) is 0 Å². The van der Waals surface area contributed by atoms with Crippen molar-refractivity contribution in [1.29, 1.82) is 0 Å². The fourth-order valence-corrected chi connectivity index (χ4v) is 2.00. The van der Waals surface area contributed by atoms with Gasteiger partial charge in [-0.05, 0) is 29.8 Å². The van der Waals surface area contributed by atoms with E-state index in [4.69, 9.17) is 19.9 Å². The van der Waals surface area contributed by atoms with Crippen molar-refractivity contribution >= 4 is 0 Å². The first-order valence-corrected chi connectivity index (χ1v) is 6.76. The standard InChI is InChI=1S/C16H20N2O3/c1-19-14-9-12(11-17)10-15(20-2)16(14)21-8-6-13-5-3-4-7-18-13/h3-5,7,9-10H,6,8,11,17H2,1-2H3. The molecule has 0 bridgehead atoms. The number of nitrogens with zero attached hydrogens (tertiary/aromatic N) is 1. The van der Waals surface area contributed by atoms with Crippen LogP contribution < -0.4 is 19.9 Å². The molecule has 0 spiro atoms. The minimum Gasteiger partial charge on any atom is -0.493 e. The predicted octanol–water partition coefficient (Wildman–Crippen LogP) is 2.18. The number of hydrogen-bond acceptors (Lipinski definition) is 5. The first kappa shape index (κ1) is 15.1. The third kappa shape index (κ3) is 3.86. The number of ether oxygens (including phenoxy) is 3. The molecule has 0 atom stereocenters. The summed E-state index contributed by atoms with van der Waals surface area (Å²) in [6, 6.07) is 9.54. The van der Waals surface area contributed by atoms with Crippen molar-refractivity contribution in [2.24, 2.45) is 5.73 Å². The van der Waals surface area contributed by atoms with Crippen LogP contribution in [0.15, 0.2) is 36.5 Å². The fraction of sp³-hybridized carbons (Fsp3) is 0.312. The van der Waals surface area contributed by atoms with Crippen molar-refractivity contribution in [3.8, 4) is 17.2 Å². The normalized spacial score (nSPS) is 10.2. The zero-order valence-electron chi connectivity index (χ0n) is 12.3. The van der Waals surface area contributed by atoms with Gasteiger partial charge in [0.25, 0.3) is 0 Å². The summed E-state index contributed by atoms with van der Waals surface area (Å²) < 4.78 is 16.5. The molecule has 2 rings (SSSR count). The maximum atomic E-state index is 5.82. The molecule has 0 fully saturated rings. The van der Waals surface area contributed by atoms with E-state index in [0.717, 1.165) is 11.3 Å². The monoisotopic (exact) mass is 288 g/mol. The van der Waals surface area contributed by atoms with E-state index in [2.05, 4.69) is 4.98 Å². The lowest BCUT2D eigenvalue weighted by Crippen LogP contribution is -2.06. The van der Waals surface area contributed by atoms with Gasteiger partial charge in [0, 0.05) is 24.9 Å². The molecule has 0 saturated carbocycles. The summed E-state index contributed by atoms with van der Waals surface area (Å²) in [5.74, 6) is 1.83. The number of pyridine rings is 1. The van der Waals surface area contributed by atoms with Gasteiger partial charge >= 0.3 is 0 Å². The quantitative estimate of drug-likeness (QED) is 0.846. The molecule has 0 unspecified atom stereocenters. The van der Waals surface area contributed by atoms with Crippen LogP contribution in [0.2, 0.25) is 0 Å². The van der Waals surface area contributed by atoms with Crippen LogP contribution in [0.3, 0.4) is 0 Å². The SMILES string of the molecule is COc1cc(CN)cc(OC)c1OCCc1ccccn1. The molecular weight excluding hydrogens is 268 g/mol. The van der Waals surface area contributed by atoms with Crippen LogP contribution in [0, 0.1) is 0 Å². The lowest BCUT2D eigenvalue weighted by atomic mass is 10.2. The summed E-state index contributed by atoms with van der Waals surface area (Å²) in [5.41, 5.74) is 7.57. The Hall–Kier alpha value is -2.27. The molecule has 0 aliphatic rings. The summed E-state index contributed by atoms with van der Waals surface area (Å²) >= 11 is 0. The predicted molar refractivity (Wildman–Crippen MR) is 80.9 cm³/mol. The Bertz CT molecular complexity index is 548.